The Morgan fingerprint density at radius 3 is 2.87 bits per heavy atom. The molecule has 0 atom stereocenters. The monoisotopic (exact) mass is 199 g/mol. The fourth-order valence-electron chi connectivity index (χ4n) is 2.24. The first-order valence-electron chi connectivity index (χ1n) is 5.00. The van der Waals surface area contributed by atoms with E-state index in [0.29, 0.717) is 0 Å². The van der Waals surface area contributed by atoms with Crippen LogP contribution in [0.25, 0.3) is 16.6 Å². The van der Waals surface area contributed by atoms with E-state index in [1.54, 1.807) is 0 Å². The highest BCUT2D eigenvalue weighted by Crippen LogP contribution is 2.29. The first kappa shape index (κ1) is 8.41. The Morgan fingerprint density at radius 1 is 1.27 bits per heavy atom. The van der Waals surface area contributed by atoms with Gasteiger partial charge in [0.2, 0.25) is 0 Å². The molecule has 0 saturated carbocycles. The normalized spacial score (nSPS) is 11.6. The van der Waals surface area contributed by atoms with Crippen molar-refractivity contribution in [3.05, 3.63) is 36.0 Å². The molecule has 15 heavy (non-hydrogen) atoms. The molecule has 3 heterocycles. The molecule has 0 unspecified atom stereocenters. The van der Waals surface area contributed by atoms with Gasteiger partial charge in [-0.05, 0) is 25.1 Å². The molecule has 0 saturated heterocycles. The van der Waals surface area contributed by atoms with Crippen LogP contribution >= 0.6 is 0 Å². The lowest BCUT2D eigenvalue weighted by molar-refractivity contribution is 0.980. The molecule has 0 bridgehead atoms. The van der Waals surface area contributed by atoms with Crippen molar-refractivity contribution < 1.29 is 0 Å². The zero-order chi connectivity index (χ0) is 10.6. The lowest BCUT2D eigenvalue weighted by atomic mass is 10.3. The van der Waals surface area contributed by atoms with E-state index in [1.807, 2.05) is 23.7 Å². The molecule has 0 amide bonds. The Bertz CT molecular complexity index is 658. The second kappa shape index (κ2) is 2.57. The van der Waals surface area contributed by atoms with Gasteiger partial charge in [0.1, 0.15) is 5.82 Å². The van der Waals surface area contributed by atoms with Crippen LogP contribution in [0, 0.1) is 6.92 Å². The maximum atomic E-state index is 6.00. The number of nitrogens with zero attached hydrogens (tertiary/aromatic N) is 2. The molecular formula is C12H13N3. The van der Waals surface area contributed by atoms with Gasteiger partial charge in [-0.2, -0.15) is 0 Å². The average molecular weight is 199 g/mol. The molecule has 0 spiro atoms. The summed E-state index contributed by atoms with van der Waals surface area (Å²) in [7, 11) is 2.00. The molecule has 76 valence electrons. The SMILES string of the molecule is Cc1c(N)n(C)c2cc3ccccn3c12. The number of fused-ring (bicyclic) bond motifs is 3. The fraction of sp³-hybridized carbons (Fsp3) is 0.167. The topological polar surface area (TPSA) is 35.4 Å². The molecule has 0 aromatic carbocycles. The van der Waals surface area contributed by atoms with Crippen molar-refractivity contribution in [1.29, 1.82) is 0 Å². The summed E-state index contributed by atoms with van der Waals surface area (Å²) >= 11 is 0. The molecular weight excluding hydrogens is 186 g/mol. The summed E-state index contributed by atoms with van der Waals surface area (Å²) in [5, 5.41) is 0. The van der Waals surface area contributed by atoms with E-state index in [0.717, 1.165) is 11.4 Å². The second-order valence-electron chi connectivity index (χ2n) is 3.94. The highest BCUT2D eigenvalue weighted by molar-refractivity contribution is 5.91. The zero-order valence-corrected chi connectivity index (χ0v) is 8.86. The van der Waals surface area contributed by atoms with Gasteiger partial charge in [0.25, 0.3) is 0 Å². The van der Waals surface area contributed by atoms with E-state index in [1.165, 1.54) is 16.6 Å². The third-order valence-electron chi connectivity index (χ3n) is 3.12. The summed E-state index contributed by atoms with van der Waals surface area (Å²) in [4.78, 5) is 0. The number of rotatable bonds is 0. The van der Waals surface area contributed by atoms with Crippen LogP contribution in [0.1, 0.15) is 5.56 Å². The van der Waals surface area contributed by atoms with Gasteiger partial charge >= 0.3 is 0 Å². The standard InChI is InChI=1S/C12H13N3/c1-8-11-10(14(2)12(8)13)7-9-5-3-4-6-15(9)11/h3-7H,13H2,1-2H3. The molecule has 0 aliphatic rings. The molecule has 0 radical (unpaired) electrons. The van der Waals surface area contributed by atoms with Crippen molar-refractivity contribution in [2.24, 2.45) is 7.05 Å². The number of nitrogen functional groups attached to an aromatic ring is 1. The molecule has 2 N–H and O–H groups in total. The van der Waals surface area contributed by atoms with Crippen LogP contribution < -0.4 is 5.73 Å². The Balaban J connectivity index is 2.65. The van der Waals surface area contributed by atoms with Crippen molar-refractivity contribution in [2.75, 3.05) is 5.73 Å². The first-order chi connectivity index (χ1) is 7.20. The summed E-state index contributed by atoms with van der Waals surface area (Å²) < 4.78 is 4.22. The summed E-state index contributed by atoms with van der Waals surface area (Å²) in [6.07, 6.45) is 2.07. The Morgan fingerprint density at radius 2 is 2.07 bits per heavy atom. The van der Waals surface area contributed by atoms with Crippen molar-refractivity contribution >= 4 is 22.4 Å². The summed E-state index contributed by atoms with van der Waals surface area (Å²) in [6, 6.07) is 8.36. The molecule has 3 aromatic heterocycles. The highest BCUT2D eigenvalue weighted by Gasteiger charge is 2.12. The van der Waals surface area contributed by atoms with Gasteiger partial charge in [0.15, 0.2) is 0 Å². The third kappa shape index (κ3) is 0.897. The van der Waals surface area contributed by atoms with E-state index < -0.39 is 0 Å². The van der Waals surface area contributed by atoms with E-state index in [9.17, 15) is 0 Å². The van der Waals surface area contributed by atoms with Crippen molar-refractivity contribution in [2.45, 2.75) is 6.92 Å². The van der Waals surface area contributed by atoms with Gasteiger partial charge in [-0.15, -0.1) is 0 Å². The number of aryl methyl sites for hydroxylation is 2. The van der Waals surface area contributed by atoms with Gasteiger partial charge in [-0.3, -0.25) is 0 Å². The quantitative estimate of drug-likeness (QED) is 0.592. The minimum absolute atomic E-state index is 0.846. The molecule has 3 rings (SSSR count). The summed E-state index contributed by atoms with van der Waals surface area (Å²) in [5.41, 5.74) is 10.8. The molecule has 0 aliphatic heterocycles. The van der Waals surface area contributed by atoms with Crippen molar-refractivity contribution in [3.8, 4) is 0 Å². The summed E-state index contributed by atoms with van der Waals surface area (Å²) in [5.74, 6) is 0.846. The Kier molecular flexibility index (Phi) is 1.44. The maximum absolute atomic E-state index is 6.00. The molecule has 3 nitrogen and oxygen atoms in total. The van der Waals surface area contributed by atoms with Crippen molar-refractivity contribution in [1.82, 2.24) is 8.97 Å². The maximum Gasteiger partial charge on any atom is 0.108 e. The largest absolute Gasteiger partial charge is 0.385 e. The summed E-state index contributed by atoms with van der Waals surface area (Å²) in [6.45, 7) is 2.07. The van der Waals surface area contributed by atoms with E-state index in [4.69, 9.17) is 5.73 Å². The predicted octanol–water partition coefficient (Wildman–Crippen LogP) is 2.32. The number of pyridine rings is 1. The van der Waals surface area contributed by atoms with Crippen molar-refractivity contribution in [3.63, 3.8) is 0 Å². The van der Waals surface area contributed by atoms with E-state index in [2.05, 4.69) is 29.7 Å². The number of hydrogen-bond acceptors (Lipinski definition) is 1. The lowest BCUT2D eigenvalue weighted by Crippen LogP contribution is -1.96. The van der Waals surface area contributed by atoms with Crippen LogP contribution in [0.4, 0.5) is 5.82 Å². The minimum atomic E-state index is 0.846. The molecule has 3 heteroatoms. The molecule has 0 fully saturated rings. The smallest absolute Gasteiger partial charge is 0.108 e. The Labute approximate surface area is 87.7 Å². The molecule has 0 aliphatic carbocycles. The number of aromatic nitrogens is 2. The minimum Gasteiger partial charge on any atom is -0.385 e. The zero-order valence-electron chi connectivity index (χ0n) is 8.86. The fourth-order valence-corrected chi connectivity index (χ4v) is 2.24. The van der Waals surface area contributed by atoms with E-state index in [-0.39, 0.29) is 0 Å². The number of nitrogens with two attached hydrogens (primary N) is 1. The van der Waals surface area contributed by atoms with Gasteiger partial charge in [-0.25, -0.2) is 0 Å². The van der Waals surface area contributed by atoms with Crippen LogP contribution in [0.2, 0.25) is 0 Å². The number of hydrogen-bond donors (Lipinski definition) is 1. The van der Waals surface area contributed by atoms with Gasteiger partial charge in [0, 0.05) is 24.3 Å². The molecule has 3 aromatic rings. The van der Waals surface area contributed by atoms with Gasteiger partial charge in [0.05, 0.1) is 11.0 Å². The van der Waals surface area contributed by atoms with Gasteiger partial charge in [-0.1, -0.05) is 6.07 Å². The lowest BCUT2D eigenvalue weighted by Gasteiger charge is -1.98. The van der Waals surface area contributed by atoms with Gasteiger partial charge < -0.3 is 14.7 Å². The van der Waals surface area contributed by atoms with Crippen LogP contribution in [0.15, 0.2) is 30.5 Å². The van der Waals surface area contributed by atoms with E-state index >= 15 is 0 Å². The third-order valence-corrected chi connectivity index (χ3v) is 3.12. The number of anilines is 1. The van der Waals surface area contributed by atoms with Crippen LogP contribution in [0.3, 0.4) is 0 Å². The first-order valence-corrected chi connectivity index (χ1v) is 5.00. The van der Waals surface area contributed by atoms with Crippen LogP contribution in [-0.4, -0.2) is 8.97 Å². The highest BCUT2D eigenvalue weighted by atomic mass is 15.1. The second-order valence-corrected chi connectivity index (χ2v) is 3.94. The van der Waals surface area contributed by atoms with Crippen LogP contribution in [-0.2, 0) is 7.05 Å². The van der Waals surface area contributed by atoms with Crippen LogP contribution in [0.5, 0.6) is 0 Å². The predicted molar refractivity (Wildman–Crippen MR) is 63.0 cm³/mol. The average Bonchev–Trinajstić information content (AvgIpc) is 2.72. The Hall–Kier alpha value is -1.90.